The van der Waals surface area contributed by atoms with Crippen molar-refractivity contribution in [1.29, 1.82) is 0 Å². The van der Waals surface area contributed by atoms with Crippen LogP contribution in [0, 0.1) is 0 Å². The monoisotopic (exact) mass is 283 g/mol. The molecule has 0 amide bonds. The Hall–Kier alpha value is -2.00. The van der Waals surface area contributed by atoms with Crippen LogP contribution in [-0.2, 0) is 6.42 Å². The predicted octanol–water partition coefficient (Wildman–Crippen LogP) is 3.55. The maximum atomic E-state index is 8.94. The molecule has 0 saturated carbocycles. The molecular weight excluding hydrogens is 262 g/mol. The van der Waals surface area contributed by atoms with Crippen LogP contribution >= 0.6 is 0 Å². The number of fused-ring (bicyclic) bond motifs is 1. The van der Waals surface area contributed by atoms with E-state index in [4.69, 9.17) is 9.84 Å². The fourth-order valence-corrected chi connectivity index (χ4v) is 2.79. The molecule has 2 aromatic rings. The molecule has 0 aliphatic carbocycles. The molecule has 3 rings (SSSR count). The average molecular weight is 283 g/mol. The Morgan fingerprint density at radius 2 is 2.05 bits per heavy atom. The lowest BCUT2D eigenvalue weighted by Crippen LogP contribution is -2.20. The lowest BCUT2D eigenvalue weighted by molar-refractivity contribution is 0.274. The molecule has 3 heteroatoms. The van der Waals surface area contributed by atoms with E-state index in [1.807, 2.05) is 12.1 Å². The number of hydrogen-bond acceptors (Lipinski definition) is 3. The molecule has 1 heterocycles. The van der Waals surface area contributed by atoms with Crippen LogP contribution < -0.4 is 10.1 Å². The van der Waals surface area contributed by atoms with Crippen molar-refractivity contribution in [2.45, 2.75) is 25.3 Å². The van der Waals surface area contributed by atoms with E-state index < -0.39 is 0 Å². The Kier molecular flexibility index (Phi) is 4.41. The minimum absolute atomic E-state index is 0.241. The normalized spacial score (nSPS) is 16.9. The number of rotatable bonds is 5. The summed E-state index contributed by atoms with van der Waals surface area (Å²) in [6.45, 7) is 0.990. The molecule has 0 fully saturated rings. The molecule has 0 bridgehead atoms. The zero-order chi connectivity index (χ0) is 14.5. The van der Waals surface area contributed by atoms with Crippen molar-refractivity contribution in [1.82, 2.24) is 0 Å². The van der Waals surface area contributed by atoms with Gasteiger partial charge >= 0.3 is 0 Å². The summed E-state index contributed by atoms with van der Waals surface area (Å²) in [6.07, 6.45) is 2.69. The maximum Gasteiger partial charge on any atom is 0.124 e. The van der Waals surface area contributed by atoms with Crippen LogP contribution in [0.25, 0.3) is 0 Å². The molecule has 0 saturated heterocycles. The van der Waals surface area contributed by atoms with Crippen LogP contribution in [0.5, 0.6) is 5.75 Å². The standard InChI is InChI=1S/C18H21NO2/c20-11-4-6-14-5-3-7-15(13-14)19-17-10-12-21-18-9-2-1-8-16(17)18/h1-3,5,7-9,13,17,19-20H,4,6,10-12H2. The van der Waals surface area contributed by atoms with Gasteiger partial charge in [0.15, 0.2) is 0 Å². The summed E-state index contributed by atoms with van der Waals surface area (Å²) in [5.74, 6) is 0.984. The number of aliphatic hydroxyl groups excluding tert-OH is 1. The van der Waals surface area contributed by atoms with Crippen molar-refractivity contribution in [3.8, 4) is 5.75 Å². The highest BCUT2D eigenvalue weighted by Gasteiger charge is 2.20. The number of benzene rings is 2. The second kappa shape index (κ2) is 6.64. The first-order chi connectivity index (χ1) is 10.4. The average Bonchev–Trinajstić information content (AvgIpc) is 2.54. The zero-order valence-corrected chi connectivity index (χ0v) is 12.1. The Morgan fingerprint density at radius 3 is 2.95 bits per heavy atom. The Morgan fingerprint density at radius 1 is 1.14 bits per heavy atom. The largest absolute Gasteiger partial charge is 0.493 e. The van der Waals surface area contributed by atoms with Gasteiger partial charge in [-0.15, -0.1) is 0 Å². The van der Waals surface area contributed by atoms with Crippen LogP contribution in [-0.4, -0.2) is 18.3 Å². The topological polar surface area (TPSA) is 41.5 Å². The van der Waals surface area contributed by atoms with E-state index >= 15 is 0 Å². The van der Waals surface area contributed by atoms with E-state index in [0.29, 0.717) is 6.04 Å². The van der Waals surface area contributed by atoms with Crippen molar-refractivity contribution < 1.29 is 9.84 Å². The second-order valence-corrected chi connectivity index (χ2v) is 5.40. The molecule has 1 unspecified atom stereocenters. The molecule has 1 aliphatic rings. The van der Waals surface area contributed by atoms with Gasteiger partial charge < -0.3 is 15.2 Å². The van der Waals surface area contributed by atoms with Gasteiger partial charge in [0.1, 0.15) is 5.75 Å². The molecule has 1 aliphatic heterocycles. The summed E-state index contributed by atoms with van der Waals surface area (Å²) in [5, 5.41) is 12.5. The lowest BCUT2D eigenvalue weighted by atomic mass is 10.00. The van der Waals surface area contributed by atoms with Crippen molar-refractivity contribution in [2.24, 2.45) is 0 Å². The zero-order valence-electron chi connectivity index (χ0n) is 12.1. The number of para-hydroxylation sites is 1. The van der Waals surface area contributed by atoms with E-state index in [1.165, 1.54) is 11.1 Å². The van der Waals surface area contributed by atoms with Crippen LogP contribution in [0.4, 0.5) is 5.69 Å². The molecular formula is C18H21NO2. The molecule has 2 aromatic carbocycles. The summed E-state index contributed by atoms with van der Waals surface area (Å²) in [6, 6.07) is 17.0. The highest BCUT2D eigenvalue weighted by Crippen LogP contribution is 2.34. The first kappa shape index (κ1) is 14.0. The Labute approximate surface area is 125 Å². The van der Waals surface area contributed by atoms with Gasteiger partial charge in [0, 0.05) is 24.3 Å². The van der Waals surface area contributed by atoms with Gasteiger partial charge in [0.25, 0.3) is 0 Å². The summed E-state index contributed by atoms with van der Waals surface area (Å²) >= 11 is 0. The van der Waals surface area contributed by atoms with Gasteiger partial charge in [0.05, 0.1) is 12.6 Å². The third kappa shape index (κ3) is 3.37. The molecule has 0 radical (unpaired) electrons. The van der Waals surface area contributed by atoms with E-state index in [9.17, 15) is 0 Å². The van der Waals surface area contributed by atoms with Gasteiger partial charge in [-0.05, 0) is 36.6 Å². The van der Waals surface area contributed by atoms with Crippen LogP contribution in [0.1, 0.15) is 30.0 Å². The Bertz CT molecular complexity index is 597. The van der Waals surface area contributed by atoms with Gasteiger partial charge in [-0.2, -0.15) is 0 Å². The summed E-state index contributed by atoms with van der Waals surface area (Å²) in [7, 11) is 0. The summed E-state index contributed by atoms with van der Waals surface area (Å²) in [5.41, 5.74) is 3.62. The SMILES string of the molecule is OCCCc1cccc(NC2CCOc3ccccc32)c1. The lowest BCUT2D eigenvalue weighted by Gasteiger charge is -2.27. The molecule has 110 valence electrons. The van der Waals surface area contributed by atoms with Crippen molar-refractivity contribution >= 4 is 5.69 Å². The van der Waals surface area contributed by atoms with E-state index in [0.717, 1.165) is 37.3 Å². The number of aliphatic hydroxyl groups is 1. The Balaban J connectivity index is 1.75. The van der Waals surface area contributed by atoms with Crippen molar-refractivity contribution in [3.63, 3.8) is 0 Å². The van der Waals surface area contributed by atoms with E-state index in [2.05, 4.69) is 41.7 Å². The number of hydrogen-bond donors (Lipinski definition) is 2. The maximum absolute atomic E-state index is 8.94. The van der Waals surface area contributed by atoms with Crippen molar-refractivity contribution in [2.75, 3.05) is 18.5 Å². The van der Waals surface area contributed by atoms with Gasteiger partial charge in [-0.3, -0.25) is 0 Å². The molecule has 2 N–H and O–H groups in total. The van der Waals surface area contributed by atoms with E-state index in [1.54, 1.807) is 0 Å². The first-order valence-electron chi connectivity index (χ1n) is 7.55. The third-order valence-corrected chi connectivity index (χ3v) is 3.85. The highest BCUT2D eigenvalue weighted by molar-refractivity contribution is 5.50. The minimum atomic E-state index is 0.241. The molecule has 0 aromatic heterocycles. The second-order valence-electron chi connectivity index (χ2n) is 5.40. The van der Waals surface area contributed by atoms with Gasteiger partial charge in [-0.25, -0.2) is 0 Å². The fraction of sp³-hybridized carbons (Fsp3) is 0.333. The van der Waals surface area contributed by atoms with Gasteiger partial charge in [-0.1, -0.05) is 30.3 Å². The molecule has 21 heavy (non-hydrogen) atoms. The summed E-state index contributed by atoms with van der Waals surface area (Å²) < 4.78 is 5.70. The van der Waals surface area contributed by atoms with Crippen LogP contribution in [0.2, 0.25) is 0 Å². The van der Waals surface area contributed by atoms with Crippen molar-refractivity contribution in [3.05, 3.63) is 59.7 Å². The molecule has 3 nitrogen and oxygen atoms in total. The smallest absolute Gasteiger partial charge is 0.124 e. The highest BCUT2D eigenvalue weighted by atomic mass is 16.5. The number of anilines is 1. The third-order valence-electron chi connectivity index (χ3n) is 3.85. The van der Waals surface area contributed by atoms with Crippen LogP contribution in [0.15, 0.2) is 48.5 Å². The minimum Gasteiger partial charge on any atom is -0.493 e. The molecule has 1 atom stereocenters. The van der Waals surface area contributed by atoms with Gasteiger partial charge in [0.2, 0.25) is 0 Å². The molecule has 0 spiro atoms. The predicted molar refractivity (Wildman–Crippen MR) is 84.8 cm³/mol. The quantitative estimate of drug-likeness (QED) is 0.881. The number of ether oxygens (including phenoxy) is 1. The fourth-order valence-electron chi connectivity index (χ4n) is 2.79. The summed E-state index contributed by atoms with van der Waals surface area (Å²) in [4.78, 5) is 0. The van der Waals surface area contributed by atoms with Crippen LogP contribution in [0.3, 0.4) is 0 Å². The van der Waals surface area contributed by atoms with E-state index in [-0.39, 0.29) is 6.61 Å². The first-order valence-corrected chi connectivity index (χ1v) is 7.55. The number of aryl methyl sites for hydroxylation is 1. The number of nitrogens with one attached hydrogen (secondary N) is 1.